The van der Waals surface area contributed by atoms with Crippen LogP contribution in [0, 0.1) is 0 Å². The van der Waals surface area contributed by atoms with Gasteiger partial charge < -0.3 is 10.2 Å². The number of hydrogen-bond donors (Lipinski definition) is 1. The zero-order chi connectivity index (χ0) is 15.5. The smallest absolute Gasteiger partial charge is 0.252 e. The Labute approximate surface area is 132 Å². The van der Waals surface area contributed by atoms with Gasteiger partial charge in [-0.3, -0.25) is 0 Å². The molecule has 0 aromatic carbocycles. The maximum atomic E-state index is 12.7. The van der Waals surface area contributed by atoms with Gasteiger partial charge in [0.25, 0.3) is 10.0 Å². The van der Waals surface area contributed by atoms with E-state index in [9.17, 15) is 8.42 Å². The lowest BCUT2D eigenvalue weighted by Crippen LogP contribution is -2.51. The van der Waals surface area contributed by atoms with Crippen LogP contribution in [0.3, 0.4) is 0 Å². The van der Waals surface area contributed by atoms with Crippen LogP contribution in [0.4, 0.5) is 0 Å². The predicted molar refractivity (Wildman–Crippen MR) is 87.2 cm³/mol. The van der Waals surface area contributed by atoms with Crippen LogP contribution in [-0.2, 0) is 16.6 Å². The Bertz CT molecular complexity index is 556. The van der Waals surface area contributed by atoms with Gasteiger partial charge in [-0.05, 0) is 43.9 Å². The van der Waals surface area contributed by atoms with Crippen molar-refractivity contribution in [2.45, 2.75) is 37.1 Å². The molecular weight excluding hydrogens is 306 g/mol. The van der Waals surface area contributed by atoms with Gasteiger partial charge in [0.05, 0.1) is 0 Å². The van der Waals surface area contributed by atoms with Crippen molar-refractivity contribution in [3.05, 3.63) is 17.0 Å². The van der Waals surface area contributed by atoms with Crippen molar-refractivity contribution < 1.29 is 8.42 Å². The highest BCUT2D eigenvalue weighted by atomic mass is 32.2. The minimum Gasteiger partial charge on any atom is -0.313 e. The molecule has 1 N–H and O–H groups in total. The summed E-state index contributed by atoms with van der Waals surface area (Å²) in [5.74, 6) is 0. The summed E-state index contributed by atoms with van der Waals surface area (Å²) < 4.78 is 27.4. The van der Waals surface area contributed by atoms with Crippen LogP contribution in [0.15, 0.2) is 15.7 Å². The fourth-order valence-corrected chi connectivity index (χ4v) is 5.23. The van der Waals surface area contributed by atoms with Crippen LogP contribution in [0.1, 0.15) is 25.8 Å². The predicted octanol–water partition coefficient (Wildman–Crippen LogP) is 1.57. The zero-order valence-corrected chi connectivity index (χ0v) is 14.6. The Morgan fingerprint density at radius 2 is 2.19 bits per heavy atom. The standard InChI is InChI=1S/C14H25N3O2S2/c1-4-5-15-9-13-8-14(20-11-13)21(18,19)17-7-6-16(3)12(2)10-17/h8,11-12,15H,4-7,9-10H2,1-3H3. The molecule has 0 saturated carbocycles. The third-order valence-corrected chi connectivity index (χ3v) is 7.23. The summed E-state index contributed by atoms with van der Waals surface area (Å²) in [4.78, 5) is 2.19. The Balaban J connectivity index is 2.06. The lowest BCUT2D eigenvalue weighted by Gasteiger charge is -2.36. The van der Waals surface area contributed by atoms with Gasteiger partial charge in [-0.15, -0.1) is 11.3 Å². The molecule has 1 aliphatic rings. The number of likely N-dealkylation sites (N-methyl/N-ethyl adjacent to an activating group) is 1. The third kappa shape index (κ3) is 4.04. The lowest BCUT2D eigenvalue weighted by atomic mass is 10.2. The van der Waals surface area contributed by atoms with E-state index in [4.69, 9.17) is 0 Å². The van der Waals surface area contributed by atoms with Crippen LogP contribution >= 0.6 is 11.3 Å². The molecule has 5 nitrogen and oxygen atoms in total. The summed E-state index contributed by atoms with van der Waals surface area (Å²) in [7, 11) is -1.29. The molecule has 0 amide bonds. The van der Waals surface area contributed by atoms with Gasteiger partial charge in [-0.2, -0.15) is 4.31 Å². The van der Waals surface area contributed by atoms with E-state index in [1.165, 1.54) is 11.3 Å². The average molecular weight is 332 g/mol. The molecule has 7 heteroatoms. The molecule has 1 saturated heterocycles. The van der Waals surface area contributed by atoms with Gasteiger partial charge in [0.2, 0.25) is 0 Å². The Kier molecular flexibility index (Phi) is 5.79. The molecule has 2 heterocycles. The number of sulfonamides is 1. The number of thiophene rings is 1. The lowest BCUT2D eigenvalue weighted by molar-refractivity contribution is 0.160. The largest absolute Gasteiger partial charge is 0.313 e. The quantitative estimate of drug-likeness (QED) is 0.804. The molecule has 1 aromatic rings. The van der Waals surface area contributed by atoms with Crippen molar-refractivity contribution in [1.29, 1.82) is 0 Å². The van der Waals surface area contributed by atoms with Gasteiger partial charge in [-0.25, -0.2) is 8.42 Å². The Morgan fingerprint density at radius 1 is 1.43 bits per heavy atom. The first-order valence-electron chi connectivity index (χ1n) is 7.43. The first-order valence-corrected chi connectivity index (χ1v) is 9.75. The van der Waals surface area contributed by atoms with Crippen molar-refractivity contribution >= 4 is 21.4 Å². The monoisotopic (exact) mass is 331 g/mol. The highest BCUT2D eigenvalue weighted by Crippen LogP contribution is 2.25. The Morgan fingerprint density at radius 3 is 2.86 bits per heavy atom. The molecule has 1 fully saturated rings. The molecule has 1 atom stereocenters. The SMILES string of the molecule is CCCNCc1csc(S(=O)(=O)N2CCN(C)C(C)C2)c1. The van der Waals surface area contributed by atoms with Gasteiger partial charge in [0.1, 0.15) is 4.21 Å². The number of nitrogens with zero attached hydrogens (tertiary/aromatic N) is 2. The molecule has 120 valence electrons. The van der Waals surface area contributed by atoms with E-state index in [0.717, 1.165) is 31.6 Å². The number of piperazine rings is 1. The molecule has 21 heavy (non-hydrogen) atoms. The highest BCUT2D eigenvalue weighted by molar-refractivity contribution is 7.91. The molecule has 1 aliphatic heterocycles. The van der Waals surface area contributed by atoms with Crippen molar-refractivity contribution in [1.82, 2.24) is 14.5 Å². The summed E-state index contributed by atoms with van der Waals surface area (Å²) in [6.45, 7) is 7.80. The van der Waals surface area contributed by atoms with E-state index in [1.54, 1.807) is 4.31 Å². The molecule has 1 aromatic heterocycles. The minimum atomic E-state index is -3.33. The van der Waals surface area contributed by atoms with Crippen molar-refractivity contribution in [2.24, 2.45) is 0 Å². The maximum Gasteiger partial charge on any atom is 0.252 e. The van der Waals surface area contributed by atoms with Crippen molar-refractivity contribution in [3.8, 4) is 0 Å². The van der Waals surface area contributed by atoms with E-state index in [0.29, 0.717) is 17.3 Å². The summed E-state index contributed by atoms with van der Waals surface area (Å²) in [5.41, 5.74) is 1.05. The van der Waals surface area contributed by atoms with Gasteiger partial charge >= 0.3 is 0 Å². The van der Waals surface area contributed by atoms with E-state index in [1.807, 2.05) is 18.5 Å². The fourth-order valence-electron chi connectivity index (χ4n) is 2.35. The van der Waals surface area contributed by atoms with E-state index in [-0.39, 0.29) is 6.04 Å². The summed E-state index contributed by atoms with van der Waals surface area (Å²) >= 11 is 1.33. The van der Waals surface area contributed by atoms with E-state index < -0.39 is 10.0 Å². The second kappa shape index (κ2) is 7.19. The number of rotatable bonds is 6. The first kappa shape index (κ1) is 16.9. The van der Waals surface area contributed by atoms with E-state index in [2.05, 4.69) is 24.1 Å². The molecule has 2 rings (SSSR count). The first-order chi connectivity index (χ1) is 9.95. The summed E-state index contributed by atoms with van der Waals surface area (Å²) in [6, 6.07) is 2.07. The maximum absolute atomic E-state index is 12.7. The van der Waals surface area contributed by atoms with Gasteiger partial charge in [0.15, 0.2) is 0 Å². The van der Waals surface area contributed by atoms with Crippen molar-refractivity contribution in [2.75, 3.05) is 33.2 Å². The Hall–Kier alpha value is -0.470. The second-order valence-electron chi connectivity index (χ2n) is 5.64. The van der Waals surface area contributed by atoms with Gasteiger partial charge in [0, 0.05) is 32.2 Å². The molecule has 1 unspecified atom stereocenters. The molecule has 0 spiro atoms. The van der Waals surface area contributed by atoms with E-state index >= 15 is 0 Å². The fraction of sp³-hybridized carbons (Fsp3) is 0.714. The number of nitrogens with one attached hydrogen (secondary N) is 1. The average Bonchev–Trinajstić information content (AvgIpc) is 2.91. The summed E-state index contributed by atoms with van der Waals surface area (Å²) in [5, 5.41) is 5.24. The second-order valence-corrected chi connectivity index (χ2v) is 8.72. The third-order valence-electron chi connectivity index (χ3n) is 3.90. The minimum absolute atomic E-state index is 0.263. The number of hydrogen-bond acceptors (Lipinski definition) is 5. The van der Waals surface area contributed by atoms with Crippen LogP contribution in [-0.4, -0.2) is 56.9 Å². The highest BCUT2D eigenvalue weighted by Gasteiger charge is 2.31. The topological polar surface area (TPSA) is 52.7 Å². The molecule has 0 aliphatic carbocycles. The van der Waals surface area contributed by atoms with Crippen LogP contribution in [0.2, 0.25) is 0 Å². The normalized spacial score (nSPS) is 21.8. The van der Waals surface area contributed by atoms with Crippen molar-refractivity contribution in [3.63, 3.8) is 0 Å². The van der Waals surface area contributed by atoms with Crippen LogP contribution in [0.5, 0.6) is 0 Å². The molecule has 0 bridgehead atoms. The zero-order valence-electron chi connectivity index (χ0n) is 13.0. The van der Waals surface area contributed by atoms with Crippen LogP contribution < -0.4 is 5.32 Å². The molecular formula is C14H25N3O2S2. The molecule has 0 radical (unpaired) electrons. The summed E-state index contributed by atoms with van der Waals surface area (Å²) in [6.07, 6.45) is 1.08. The van der Waals surface area contributed by atoms with Gasteiger partial charge in [-0.1, -0.05) is 6.92 Å². The van der Waals surface area contributed by atoms with Crippen LogP contribution in [0.25, 0.3) is 0 Å².